The number of rotatable bonds is 6. The number of carbonyl (C=O) groups excluding carboxylic acids is 1. The Bertz CT molecular complexity index is 695. The van der Waals surface area contributed by atoms with E-state index in [1.54, 1.807) is 18.2 Å². The third-order valence-corrected chi connectivity index (χ3v) is 3.38. The van der Waals surface area contributed by atoms with Crippen molar-refractivity contribution in [1.82, 2.24) is 0 Å². The average Bonchev–Trinajstić information content (AvgIpc) is 2.59. The summed E-state index contributed by atoms with van der Waals surface area (Å²) in [6.07, 6.45) is 7.13. The first-order valence-electron chi connectivity index (χ1n) is 7.06. The van der Waals surface area contributed by atoms with Crippen LogP contribution in [-0.2, 0) is 7.05 Å². The van der Waals surface area contributed by atoms with Crippen LogP contribution in [0.3, 0.4) is 0 Å². The number of benzene rings is 1. The molecule has 0 bridgehead atoms. The van der Waals surface area contributed by atoms with Crippen LogP contribution in [0.5, 0.6) is 17.2 Å². The van der Waals surface area contributed by atoms with Gasteiger partial charge >= 0.3 is 0 Å². The second-order valence-corrected chi connectivity index (χ2v) is 4.91. The van der Waals surface area contributed by atoms with Gasteiger partial charge < -0.3 is 14.2 Å². The summed E-state index contributed by atoms with van der Waals surface area (Å²) >= 11 is 0. The number of aromatic nitrogens is 1. The van der Waals surface area contributed by atoms with Gasteiger partial charge in [-0.05, 0) is 23.8 Å². The van der Waals surface area contributed by atoms with E-state index in [1.165, 1.54) is 27.4 Å². The highest BCUT2D eigenvalue weighted by molar-refractivity contribution is 6.07. The van der Waals surface area contributed by atoms with E-state index >= 15 is 0 Å². The predicted molar refractivity (Wildman–Crippen MR) is 87.1 cm³/mol. The summed E-state index contributed by atoms with van der Waals surface area (Å²) in [6.45, 7) is 0. The summed E-state index contributed by atoms with van der Waals surface area (Å²) in [5.41, 5.74) is 1.42. The van der Waals surface area contributed by atoms with Gasteiger partial charge in [-0.2, -0.15) is 0 Å². The topological polar surface area (TPSA) is 48.6 Å². The Morgan fingerprint density at radius 1 is 1.00 bits per heavy atom. The molecule has 0 aliphatic carbocycles. The maximum Gasteiger partial charge on any atom is 0.203 e. The molecule has 1 aromatic heterocycles. The number of methoxy groups -OCH3 is 3. The Balaban J connectivity index is 2.30. The smallest absolute Gasteiger partial charge is 0.203 e. The minimum atomic E-state index is -0.141. The fourth-order valence-electron chi connectivity index (χ4n) is 2.12. The first-order chi connectivity index (χ1) is 11.1. The maximum atomic E-state index is 12.4. The van der Waals surface area contributed by atoms with E-state index in [0.717, 1.165) is 5.56 Å². The van der Waals surface area contributed by atoms with Crippen LogP contribution in [0.1, 0.15) is 15.9 Å². The zero-order valence-electron chi connectivity index (χ0n) is 13.7. The highest BCUT2D eigenvalue weighted by Crippen LogP contribution is 2.38. The van der Waals surface area contributed by atoms with Crippen molar-refractivity contribution in [2.24, 2.45) is 7.05 Å². The van der Waals surface area contributed by atoms with Gasteiger partial charge in [0.25, 0.3) is 0 Å². The Morgan fingerprint density at radius 2 is 1.57 bits per heavy atom. The summed E-state index contributed by atoms with van der Waals surface area (Å²) in [4.78, 5) is 12.4. The van der Waals surface area contributed by atoms with Crippen LogP contribution in [-0.4, -0.2) is 27.1 Å². The number of pyridine rings is 1. The van der Waals surface area contributed by atoms with Crippen molar-refractivity contribution in [1.29, 1.82) is 0 Å². The quantitative estimate of drug-likeness (QED) is 0.467. The summed E-state index contributed by atoms with van der Waals surface area (Å²) < 4.78 is 17.7. The minimum Gasteiger partial charge on any atom is -0.493 e. The Labute approximate surface area is 135 Å². The van der Waals surface area contributed by atoms with E-state index in [-0.39, 0.29) is 5.78 Å². The molecule has 0 unspecified atom stereocenters. The number of carbonyl (C=O) groups is 1. The molecule has 0 aliphatic rings. The van der Waals surface area contributed by atoms with E-state index in [0.29, 0.717) is 22.8 Å². The van der Waals surface area contributed by atoms with Crippen LogP contribution in [0, 0.1) is 0 Å². The van der Waals surface area contributed by atoms with Gasteiger partial charge in [0.15, 0.2) is 29.7 Å². The fourth-order valence-corrected chi connectivity index (χ4v) is 2.12. The molecular formula is C18H20NO4+. The monoisotopic (exact) mass is 314 g/mol. The van der Waals surface area contributed by atoms with Gasteiger partial charge in [0, 0.05) is 17.7 Å². The molecule has 0 fully saturated rings. The SMILES string of the molecule is COc1cc(C(=O)/C=C/c2cc[n+](C)cc2)cc(OC)c1OC. The molecule has 0 aliphatic heterocycles. The van der Waals surface area contributed by atoms with Crippen LogP contribution in [0.25, 0.3) is 6.08 Å². The number of hydrogen-bond donors (Lipinski definition) is 0. The van der Waals surface area contributed by atoms with Gasteiger partial charge in [-0.3, -0.25) is 4.79 Å². The van der Waals surface area contributed by atoms with Crippen molar-refractivity contribution >= 4 is 11.9 Å². The highest BCUT2D eigenvalue weighted by atomic mass is 16.5. The normalized spacial score (nSPS) is 10.6. The zero-order valence-corrected chi connectivity index (χ0v) is 13.7. The van der Waals surface area contributed by atoms with Crippen LogP contribution in [0.15, 0.2) is 42.7 Å². The third-order valence-electron chi connectivity index (χ3n) is 3.38. The molecule has 120 valence electrons. The summed E-state index contributed by atoms with van der Waals surface area (Å²) in [6, 6.07) is 7.13. The standard InChI is InChI=1S/C18H20NO4/c1-19-9-7-13(8-10-19)5-6-15(20)14-11-16(21-2)18(23-4)17(12-14)22-3/h5-12H,1-4H3/q+1/b6-5+. The number of ether oxygens (including phenoxy) is 3. The minimum absolute atomic E-state index is 0.141. The lowest BCUT2D eigenvalue weighted by Gasteiger charge is -2.13. The lowest BCUT2D eigenvalue weighted by Crippen LogP contribution is -2.25. The molecule has 5 heteroatoms. The molecular weight excluding hydrogens is 294 g/mol. The van der Waals surface area contributed by atoms with Crippen molar-refractivity contribution in [3.63, 3.8) is 0 Å². The molecule has 2 aromatic rings. The summed E-state index contributed by atoms with van der Waals surface area (Å²) in [5, 5.41) is 0. The predicted octanol–water partition coefficient (Wildman–Crippen LogP) is 2.43. The van der Waals surface area contributed by atoms with E-state index < -0.39 is 0 Å². The summed E-state index contributed by atoms with van der Waals surface area (Å²) in [5.74, 6) is 1.23. The first kappa shape index (κ1) is 16.5. The van der Waals surface area contributed by atoms with Crippen molar-refractivity contribution in [2.45, 2.75) is 0 Å². The largest absolute Gasteiger partial charge is 0.493 e. The van der Waals surface area contributed by atoms with Crippen molar-refractivity contribution in [2.75, 3.05) is 21.3 Å². The van der Waals surface area contributed by atoms with Crippen LogP contribution < -0.4 is 18.8 Å². The molecule has 0 spiro atoms. The Morgan fingerprint density at radius 3 is 2.04 bits per heavy atom. The maximum absolute atomic E-state index is 12.4. The molecule has 23 heavy (non-hydrogen) atoms. The molecule has 0 atom stereocenters. The molecule has 0 saturated carbocycles. The average molecular weight is 314 g/mol. The lowest BCUT2D eigenvalue weighted by molar-refractivity contribution is -0.671. The number of aryl methyl sites for hydroxylation is 1. The van der Waals surface area contributed by atoms with Crippen molar-refractivity contribution in [3.8, 4) is 17.2 Å². The molecule has 0 amide bonds. The van der Waals surface area contributed by atoms with Gasteiger partial charge in [-0.25, -0.2) is 4.57 Å². The number of hydrogen-bond acceptors (Lipinski definition) is 4. The van der Waals surface area contributed by atoms with Crippen molar-refractivity contribution in [3.05, 3.63) is 53.9 Å². The zero-order chi connectivity index (χ0) is 16.8. The molecule has 5 nitrogen and oxygen atoms in total. The molecule has 0 radical (unpaired) electrons. The molecule has 0 N–H and O–H groups in total. The second kappa shape index (κ2) is 7.45. The molecule has 1 heterocycles. The number of nitrogens with zero attached hydrogens (tertiary/aromatic N) is 1. The second-order valence-electron chi connectivity index (χ2n) is 4.91. The highest BCUT2D eigenvalue weighted by Gasteiger charge is 2.15. The molecule has 1 aromatic carbocycles. The van der Waals surface area contributed by atoms with E-state index in [4.69, 9.17) is 14.2 Å². The van der Waals surface area contributed by atoms with Gasteiger partial charge in [0.05, 0.1) is 21.3 Å². The molecule has 0 saturated heterocycles. The van der Waals surface area contributed by atoms with E-state index in [1.807, 2.05) is 36.1 Å². The lowest BCUT2D eigenvalue weighted by atomic mass is 10.1. The van der Waals surface area contributed by atoms with Crippen LogP contribution >= 0.6 is 0 Å². The van der Waals surface area contributed by atoms with E-state index in [2.05, 4.69) is 0 Å². The number of ketones is 1. The van der Waals surface area contributed by atoms with Crippen LogP contribution in [0.4, 0.5) is 0 Å². The van der Waals surface area contributed by atoms with Gasteiger partial charge in [0.2, 0.25) is 5.75 Å². The van der Waals surface area contributed by atoms with E-state index in [9.17, 15) is 4.79 Å². The third kappa shape index (κ3) is 3.88. The van der Waals surface area contributed by atoms with Gasteiger partial charge in [0.1, 0.15) is 7.05 Å². The van der Waals surface area contributed by atoms with Gasteiger partial charge in [-0.1, -0.05) is 6.08 Å². The number of allylic oxidation sites excluding steroid dienone is 1. The first-order valence-corrected chi connectivity index (χ1v) is 7.06. The Kier molecular flexibility index (Phi) is 5.36. The summed E-state index contributed by atoms with van der Waals surface area (Å²) in [7, 11) is 6.50. The Hall–Kier alpha value is -2.82. The van der Waals surface area contributed by atoms with Crippen molar-refractivity contribution < 1.29 is 23.6 Å². The van der Waals surface area contributed by atoms with Crippen LogP contribution in [0.2, 0.25) is 0 Å². The fraction of sp³-hybridized carbons (Fsp3) is 0.222. The molecule has 2 rings (SSSR count). The van der Waals surface area contributed by atoms with Gasteiger partial charge in [-0.15, -0.1) is 0 Å².